The first-order chi connectivity index (χ1) is 15.8. The zero-order chi connectivity index (χ0) is 23.2. The maximum absolute atomic E-state index is 13.3. The topological polar surface area (TPSA) is 117 Å². The van der Waals surface area contributed by atoms with Gasteiger partial charge in [-0.2, -0.15) is 0 Å². The Morgan fingerprint density at radius 3 is 2.45 bits per heavy atom. The molecule has 3 heterocycles. The average Bonchev–Trinajstić information content (AvgIpc) is 3.52. The fraction of sp³-hybridized carbons (Fsp3) is 0.478. The van der Waals surface area contributed by atoms with Gasteiger partial charge in [-0.1, -0.05) is 23.5 Å². The molecule has 2 aliphatic heterocycles. The smallest absolute Gasteiger partial charge is 0.326 e. The standard InChI is InChI=1S/C23H22N2O6S2/c1-8(22(28)29)25-20(26)15-11-7-12(16(15)21(25)27)17-14(11)13(9-3-5-10(31-2)6-4-9)18-19(32-17)24-23(30)33-18/h3-6,8,11-17H,7H2,1-2H3,(H,24,30)(H,28,29)/t8-,11+,12-,13-,14-,15+,16-,17+/m0/s1. The molecule has 8 atom stereocenters. The van der Waals surface area contributed by atoms with Crippen LogP contribution in [-0.2, 0) is 14.4 Å². The van der Waals surface area contributed by atoms with Crippen LogP contribution >= 0.6 is 23.1 Å². The molecule has 4 aliphatic rings. The van der Waals surface area contributed by atoms with Gasteiger partial charge in [0.2, 0.25) is 11.8 Å². The van der Waals surface area contributed by atoms with E-state index in [-0.39, 0.29) is 45.6 Å². The largest absolute Gasteiger partial charge is 0.497 e. The number of aromatic nitrogens is 1. The number of rotatable bonds is 4. The molecule has 8 nitrogen and oxygen atoms in total. The summed E-state index contributed by atoms with van der Waals surface area (Å²) in [5.74, 6) is -2.11. The predicted molar refractivity (Wildman–Crippen MR) is 120 cm³/mol. The summed E-state index contributed by atoms with van der Waals surface area (Å²) in [6, 6.07) is 6.65. The summed E-state index contributed by atoms with van der Waals surface area (Å²) in [6.45, 7) is 1.39. The van der Waals surface area contributed by atoms with Gasteiger partial charge < -0.3 is 14.8 Å². The first kappa shape index (κ1) is 21.0. The molecule has 1 saturated heterocycles. The molecule has 2 aromatic rings. The number of nitrogens with zero attached hydrogens (tertiary/aromatic N) is 1. The minimum atomic E-state index is -1.17. The Labute approximate surface area is 197 Å². The van der Waals surface area contributed by atoms with Crippen molar-refractivity contribution in [1.82, 2.24) is 9.88 Å². The summed E-state index contributed by atoms with van der Waals surface area (Å²) >= 11 is 2.83. The summed E-state index contributed by atoms with van der Waals surface area (Å²) < 4.78 is 5.31. The molecule has 2 aliphatic carbocycles. The van der Waals surface area contributed by atoms with E-state index in [4.69, 9.17) is 4.74 Å². The number of thiazole rings is 1. The van der Waals surface area contributed by atoms with Crippen molar-refractivity contribution >= 4 is 40.9 Å². The Morgan fingerprint density at radius 1 is 1.15 bits per heavy atom. The summed E-state index contributed by atoms with van der Waals surface area (Å²) in [6.07, 6.45) is 0.774. The number of nitrogens with one attached hydrogen (secondary N) is 1. The molecule has 2 bridgehead atoms. The lowest BCUT2D eigenvalue weighted by Crippen LogP contribution is -2.44. The maximum atomic E-state index is 13.3. The van der Waals surface area contributed by atoms with Crippen LogP contribution in [0.4, 0.5) is 0 Å². The Morgan fingerprint density at radius 2 is 1.82 bits per heavy atom. The first-order valence-electron chi connectivity index (χ1n) is 10.9. The molecule has 2 N–H and O–H groups in total. The highest BCUT2D eigenvalue weighted by atomic mass is 32.2. The third kappa shape index (κ3) is 2.76. The fourth-order valence-electron chi connectivity index (χ4n) is 6.72. The first-order valence-corrected chi connectivity index (χ1v) is 12.6. The van der Waals surface area contributed by atoms with E-state index in [0.29, 0.717) is 0 Å². The minimum absolute atomic E-state index is 0.0188. The van der Waals surface area contributed by atoms with E-state index < -0.39 is 23.8 Å². The van der Waals surface area contributed by atoms with Crippen molar-refractivity contribution in [2.45, 2.75) is 35.6 Å². The van der Waals surface area contributed by atoms with Crippen molar-refractivity contribution in [3.05, 3.63) is 44.4 Å². The van der Waals surface area contributed by atoms with E-state index in [2.05, 4.69) is 4.98 Å². The lowest BCUT2D eigenvalue weighted by molar-refractivity contribution is -0.154. The van der Waals surface area contributed by atoms with Crippen molar-refractivity contribution in [2.24, 2.45) is 29.6 Å². The lowest BCUT2D eigenvalue weighted by atomic mass is 9.68. The average molecular weight is 487 g/mol. The number of hydrogen-bond acceptors (Lipinski definition) is 7. The van der Waals surface area contributed by atoms with Crippen molar-refractivity contribution < 1.29 is 24.2 Å². The van der Waals surface area contributed by atoms with Crippen LogP contribution in [0, 0.1) is 29.6 Å². The van der Waals surface area contributed by atoms with Crippen LogP contribution < -0.4 is 9.61 Å². The minimum Gasteiger partial charge on any atom is -0.497 e. The zero-order valence-corrected chi connectivity index (χ0v) is 19.5. The molecule has 2 amide bonds. The normalized spacial score (nSPS) is 34.7. The van der Waals surface area contributed by atoms with Gasteiger partial charge in [0.25, 0.3) is 0 Å². The second kappa shape index (κ2) is 7.20. The number of methoxy groups -OCH3 is 1. The van der Waals surface area contributed by atoms with Crippen molar-refractivity contribution in [3.63, 3.8) is 0 Å². The number of hydrogen-bond donors (Lipinski definition) is 2. The number of carboxylic acid groups (broad SMARTS) is 1. The molecule has 172 valence electrons. The van der Waals surface area contributed by atoms with Crippen LogP contribution in [0.15, 0.2) is 34.1 Å². The van der Waals surface area contributed by atoms with E-state index in [0.717, 1.165) is 32.5 Å². The second-order valence-electron chi connectivity index (χ2n) is 9.29. The molecule has 33 heavy (non-hydrogen) atoms. The van der Waals surface area contributed by atoms with E-state index in [9.17, 15) is 24.3 Å². The zero-order valence-electron chi connectivity index (χ0n) is 17.9. The molecule has 10 heteroatoms. The highest BCUT2D eigenvalue weighted by molar-refractivity contribution is 8.00. The number of aliphatic carboxylic acids is 1. The molecule has 0 radical (unpaired) electrons. The highest BCUT2D eigenvalue weighted by Gasteiger charge is 2.70. The predicted octanol–water partition coefficient (Wildman–Crippen LogP) is 2.39. The number of imide groups is 1. The Hall–Kier alpha value is -2.59. The van der Waals surface area contributed by atoms with Gasteiger partial charge >= 0.3 is 10.8 Å². The Bertz CT molecular complexity index is 1240. The Balaban J connectivity index is 1.44. The van der Waals surface area contributed by atoms with Gasteiger partial charge in [-0.25, -0.2) is 4.79 Å². The number of fused-ring (bicyclic) bond motifs is 9. The van der Waals surface area contributed by atoms with Gasteiger partial charge in [0.15, 0.2) is 0 Å². The van der Waals surface area contributed by atoms with Gasteiger partial charge in [-0.15, -0.1) is 11.8 Å². The summed E-state index contributed by atoms with van der Waals surface area (Å²) in [5, 5.41) is 10.4. The van der Waals surface area contributed by atoms with Crippen molar-refractivity contribution in [2.75, 3.05) is 7.11 Å². The third-order valence-corrected chi connectivity index (χ3v) is 10.6. The summed E-state index contributed by atoms with van der Waals surface area (Å²) in [4.78, 5) is 55.3. The highest BCUT2D eigenvalue weighted by Crippen LogP contribution is 2.68. The maximum Gasteiger partial charge on any atom is 0.326 e. The number of benzene rings is 1. The number of amides is 2. The van der Waals surface area contributed by atoms with Crippen LogP contribution in [0.3, 0.4) is 0 Å². The van der Waals surface area contributed by atoms with E-state index >= 15 is 0 Å². The van der Waals surface area contributed by atoms with Gasteiger partial charge in [0, 0.05) is 16.0 Å². The van der Waals surface area contributed by atoms with Gasteiger partial charge in [-0.05, 0) is 48.8 Å². The van der Waals surface area contributed by atoms with Crippen LogP contribution in [0.25, 0.3) is 0 Å². The monoisotopic (exact) mass is 486 g/mol. The van der Waals surface area contributed by atoms with Gasteiger partial charge in [0.05, 0.1) is 24.0 Å². The number of likely N-dealkylation sites (tertiary alicyclic amines) is 1. The van der Waals surface area contributed by atoms with Gasteiger partial charge in [-0.3, -0.25) is 19.3 Å². The number of aromatic amines is 1. The molecule has 2 saturated carbocycles. The molecule has 1 aromatic carbocycles. The molecule has 1 aromatic heterocycles. The summed E-state index contributed by atoms with van der Waals surface area (Å²) in [5.41, 5.74) is 1.05. The number of thioether (sulfide) groups is 1. The van der Waals surface area contributed by atoms with E-state index in [1.165, 1.54) is 18.3 Å². The molecule has 3 fully saturated rings. The van der Waals surface area contributed by atoms with Gasteiger partial charge in [0.1, 0.15) is 11.8 Å². The molecule has 0 unspecified atom stereocenters. The quantitative estimate of drug-likeness (QED) is 0.638. The molecular weight excluding hydrogens is 464 g/mol. The molecule has 6 rings (SSSR count). The number of carbonyl (C=O) groups is 3. The summed E-state index contributed by atoms with van der Waals surface area (Å²) in [7, 11) is 1.61. The van der Waals surface area contributed by atoms with Crippen molar-refractivity contribution in [1.29, 1.82) is 0 Å². The van der Waals surface area contributed by atoms with E-state index in [1.54, 1.807) is 18.9 Å². The molecule has 0 spiro atoms. The van der Waals surface area contributed by atoms with Crippen molar-refractivity contribution in [3.8, 4) is 5.75 Å². The SMILES string of the molecule is COc1ccc([C@@H]2c3sc(=O)[nH]c3S[C@@H]3[C@H]4C[C@@H]([C@H]5C(=O)N([C@@H](C)C(=O)O)C(=O)[C@@H]45)[C@@H]23)cc1. The van der Waals surface area contributed by atoms with Crippen LogP contribution in [0.2, 0.25) is 0 Å². The van der Waals surface area contributed by atoms with Crippen LogP contribution in [-0.4, -0.2) is 51.2 Å². The number of H-pyrrole nitrogens is 1. The third-order valence-electron chi connectivity index (χ3n) is 7.98. The number of ether oxygens (including phenoxy) is 1. The Kier molecular flexibility index (Phi) is 4.58. The van der Waals surface area contributed by atoms with Crippen LogP contribution in [0.1, 0.15) is 29.7 Å². The van der Waals surface area contributed by atoms with E-state index in [1.807, 2.05) is 24.3 Å². The number of carboxylic acids is 1. The fourth-order valence-corrected chi connectivity index (χ4v) is 9.61. The molecular formula is C23H22N2O6S2. The lowest BCUT2D eigenvalue weighted by Gasteiger charge is -2.43. The number of carbonyl (C=O) groups excluding carboxylic acids is 2. The van der Waals surface area contributed by atoms with Crippen LogP contribution in [0.5, 0.6) is 5.75 Å². The second-order valence-corrected chi connectivity index (χ2v) is 11.5.